The summed E-state index contributed by atoms with van der Waals surface area (Å²) in [5, 5.41) is 13.9. The summed E-state index contributed by atoms with van der Waals surface area (Å²) < 4.78 is 0. The topological polar surface area (TPSA) is 38.7 Å². The highest BCUT2D eigenvalue weighted by atomic mass is 35.5. The Balaban J connectivity index is 0.000000156. The van der Waals surface area contributed by atoms with E-state index in [-0.39, 0.29) is 6.10 Å². The summed E-state index contributed by atoms with van der Waals surface area (Å²) in [5.41, 5.74) is 2.48. The molecule has 1 atom stereocenters. The van der Waals surface area contributed by atoms with E-state index >= 15 is 0 Å². The van der Waals surface area contributed by atoms with Crippen LogP contribution in [0.15, 0.2) is 48.5 Å². The maximum absolute atomic E-state index is 9.34. The zero-order chi connectivity index (χ0) is 19.1. The molecular weight excluding hydrogens is 381 g/mol. The Morgan fingerprint density at radius 1 is 0.963 bits per heavy atom. The molecule has 0 aliphatic carbocycles. The van der Waals surface area contributed by atoms with Gasteiger partial charge in [0, 0.05) is 51.5 Å². The minimum Gasteiger partial charge on any atom is -0.392 e. The van der Waals surface area contributed by atoms with Gasteiger partial charge in [-0.05, 0) is 30.2 Å². The number of aliphatic hydroxyl groups excluding tert-OH is 1. The van der Waals surface area contributed by atoms with E-state index in [1.807, 2.05) is 24.3 Å². The van der Waals surface area contributed by atoms with Gasteiger partial charge < -0.3 is 15.3 Å². The van der Waals surface area contributed by atoms with E-state index < -0.39 is 0 Å². The van der Waals surface area contributed by atoms with Crippen molar-refractivity contribution in [2.75, 3.05) is 44.2 Å². The third-order valence-electron chi connectivity index (χ3n) is 4.88. The van der Waals surface area contributed by atoms with Crippen molar-refractivity contribution >= 4 is 28.9 Å². The third-order valence-corrected chi connectivity index (χ3v) is 5.62. The van der Waals surface area contributed by atoms with Gasteiger partial charge in [-0.2, -0.15) is 0 Å². The molecule has 1 unspecified atom stereocenters. The zero-order valence-corrected chi connectivity index (χ0v) is 17.0. The second-order valence-electron chi connectivity index (χ2n) is 7.00. The smallest absolute Gasteiger partial charge is 0.0679 e. The van der Waals surface area contributed by atoms with Crippen LogP contribution in [-0.4, -0.2) is 55.4 Å². The monoisotopic (exact) mass is 407 g/mol. The molecule has 2 N–H and O–H groups in total. The molecule has 27 heavy (non-hydrogen) atoms. The van der Waals surface area contributed by atoms with Gasteiger partial charge >= 0.3 is 0 Å². The number of nitrogens with zero attached hydrogens (tertiary/aromatic N) is 2. The summed E-state index contributed by atoms with van der Waals surface area (Å²) in [6.45, 7) is 6.93. The van der Waals surface area contributed by atoms with Crippen LogP contribution >= 0.6 is 23.2 Å². The van der Waals surface area contributed by atoms with E-state index in [0.29, 0.717) is 10.0 Å². The fourth-order valence-corrected chi connectivity index (χ4v) is 3.69. The van der Waals surface area contributed by atoms with Crippen molar-refractivity contribution in [3.05, 3.63) is 64.1 Å². The van der Waals surface area contributed by atoms with Crippen molar-refractivity contribution in [1.82, 2.24) is 10.2 Å². The molecule has 2 aliphatic heterocycles. The molecule has 2 saturated heterocycles. The number of piperazine rings is 1. The van der Waals surface area contributed by atoms with Crippen molar-refractivity contribution in [2.45, 2.75) is 19.1 Å². The Morgan fingerprint density at radius 3 is 2.33 bits per heavy atom. The Bertz CT molecular complexity index is 708. The number of hydrogen-bond donors (Lipinski definition) is 2. The van der Waals surface area contributed by atoms with Crippen molar-refractivity contribution in [1.29, 1.82) is 0 Å². The van der Waals surface area contributed by atoms with E-state index in [0.717, 1.165) is 57.9 Å². The van der Waals surface area contributed by atoms with E-state index in [2.05, 4.69) is 39.4 Å². The molecule has 146 valence electrons. The number of benzene rings is 2. The van der Waals surface area contributed by atoms with Crippen LogP contribution in [0.5, 0.6) is 0 Å². The first kappa shape index (κ1) is 20.4. The van der Waals surface area contributed by atoms with E-state index in [1.54, 1.807) is 0 Å². The highest BCUT2D eigenvalue weighted by molar-refractivity contribution is 6.42. The molecule has 2 aromatic carbocycles. The van der Waals surface area contributed by atoms with Crippen LogP contribution in [0.3, 0.4) is 0 Å². The molecule has 0 aromatic heterocycles. The molecule has 0 radical (unpaired) electrons. The van der Waals surface area contributed by atoms with Crippen molar-refractivity contribution in [3.8, 4) is 0 Å². The molecule has 0 amide bonds. The van der Waals surface area contributed by atoms with Crippen LogP contribution in [0.25, 0.3) is 0 Å². The van der Waals surface area contributed by atoms with Gasteiger partial charge in [0.05, 0.1) is 16.1 Å². The first-order chi connectivity index (χ1) is 13.1. The largest absolute Gasteiger partial charge is 0.392 e. The molecule has 0 spiro atoms. The summed E-state index contributed by atoms with van der Waals surface area (Å²) in [6.07, 6.45) is 0.816. The quantitative estimate of drug-likeness (QED) is 0.813. The minimum absolute atomic E-state index is 0.108. The summed E-state index contributed by atoms with van der Waals surface area (Å²) in [5.74, 6) is 0. The third kappa shape index (κ3) is 6.37. The maximum Gasteiger partial charge on any atom is 0.0679 e. The number of halogens is 2. The Morgan fingerprint density at radius 2 is 1.70 bits per heavy atom. The lowest BCUT2D eigenvalue weighted by molar-refractivity contribution is 0.175. The first-order valence-electron chi connectivity index (χ1n) is 9.47. The number of β-amino-alcohol motifs (C(OH)–C–C–N with tert-alkyl or cyclic N) is 1. The number of rotatable bonds is 3. The second-order valence-corrected chi connectivity index (χ2v) is 7.81. The fraction of sp³-hybridized carbons (Fsp3) is 0.429. The summed E-state index contributed by atoms with van der Waals surface area (Å²) in [7, 11) is 0. The lowest BCUT2D eigenvalue weighted by Crippen LogP contribution is -2.43. The summed E-state index contributed by atoms with van der Waals surface area (Å²) in [6, 6.07) is 16.2. The van der Waals surface area contributed by atoms with E-state index in [9.17, 15) is 5.11 Å². The second kappa shape index (κ2) is 10.3. The number of nitrogens with one attached hydrogen (secondary N) is 1. The highest BCUT2D eigenvalue weighted by Gasteiger charge is 2.19. The van der Waals surface area contributed by atoms with Crippen LogP contribution < -0.4 is 10.2 Å². The molecular formula is C21H27Cl2N3O. The lowest BCUT2D eigenvalue weighted by Gasteiger charge is -2.29. The van der Waals surface area contributed by atoms with Gasteiger partial charge in [0.15, 0.2) is 0 Å². The van der Waals surface area contributed by atoms with Gasteiger partial charge in [0.25, 0.3) is 0 Å². The van der Waals surface area contributed by atoms with Crippen LogP contribution in [0.4, 0.5) is 5.69 Å². The first-order valence-corrected chi connectivity index (χ1v) is 10.2. The van der Waals surface area contributed by atoms with Gasteiger partial charge in [0.2, 0.25) is 0 Å². The van der Waals surface area contributed by atoms with Crippen LogP contribution in [0.1, 0.15) is 12.0 Å². The molecule has 4 nitrogen and oxygen atoms in total. The lowest BCUT2D eigenvalue weighted by atomic mass is 10.2. The van der Waals surface area contributed by atoms with Crippen LogP contribution in [-0.2, 0) is 6.54 Å². The number of anilines is 1. The van der Waals surface area contributed by atoms with Crippen LogP contribution in [0, 0.1) is 0 Å². The van der Waals surface area contributed by atoms with E-state index in [1.165, 1.54) is 5.56 Å². The number of likely N-dealkylation sites (tertiary alicyclic amines) is 1. The number of hydrogen-bond acceptors (Lipinski definition) is 4. The molecule has 0 saturated carbocycles. The molecule has 6 heteroatoms. The molecule has 2 heterocycles. The SMILES string of the molecule is Clc1ccc(N2CCNCC2)cc1Cl.OC1CCN(Cc2ccccc2)C1. The maximum atomic E-state index is 9.34. The van der Waals surface area contributed by atoms with Gasteiger partial charge in [-0.15, -0.1) is 0 Å². The molecule has 0 bridgehead atoms. The van der Waals surface area contributed by atoms with Crippen molar-refractivity contribution < 1.29 is 5.11 Å². The Hall–Kier alpha value is -1.30. The average Bonchev–Trinajstić information content (AvgIpc) is 3.11. The van der Waals surface area contributed by atoms with Gasteiger partial charge in [-0.1, -0.05) is 53.5 Å². The van der Waals surface area contributed by atoms with Crippen molar-refractivity contribution in [3.63, 3.8) is 0 Å². The normalized spacial score (nSPS) is 20.3. The predicted molar refractivity (Wildman–Crippen MR) is 114 cm³/mol. The average molecular weight is 408 g/mol. The Labute approximate surface area is 171 Å². The molecule has 2 aliphatic rings. The summed E-state index contributed by atoms with van der Waals surface area (Å²) in [4.78, 5) is 4.60. The van der Waals surface area contributed by atoms with Crippen molar-refractivity contribution in [2.24, 2.45) is 0 Å². The standard InChI is InChI=1S/C11H15NO.C10H12Cl2N2/c13-11-6-7-12(9-11)8-10-4-2-1-3-5-10;11-9-2-1-8(7-10(9)12)14-5-3-13-4-6-14/h1-5,11,13H,6-9H2;1-2,7,13H,3-6H2. The fourth-order valence-electron chi connectivity index (χ4n) is 3.40. The van der Waals surface area contributed by atoms with E-state index in [4.69, 9.17) is 23.2 Å². The minimum atomic E-state index is -0.108. The van der Waals surface area contributed by atoms with Crippen LogP contribution in [0.2, 0.25) is 10.0 Å². The predicted octanol–water partition coefficient (Wildman–Crippen LogP) is 3.66. The molecule has 4 rings (SSSR count). The summed E-state index contributed by atoms with van der Waals surface area (Å²) >= 11 is 11.8. The van der Waals surface area contributed by atoms with Gasteiger partial charge in [0.1, 0.15) is 0 Å². The van der Waals surface area contributed by atoms with Gasteiger partial charge in [-0.3, -0.25) is 4.90 Å². The number of aliphatic hydroxyl groups is 1. The molecule has 2 fully saturated rings. The van der Waals surface area contributed by atoms with Gasteiger partial charge in [-0.25, -0.2) is 0 Å². The highest BCUT2D eigenvalue weighted by Crippen LogP contribution is 2.27. The molecule has 2 aromatic rings. The Kier molecular flexibility index (Phi) is 7.80. The zero-order valence-electron chi connectivity index (χ0n) is 15.5.